The lowest BCUT2D eigenvalue weighted by Crippen LogP contribution is -2.41. The number of rotatable bonds is 9. The highest BCUT2D eigenvalue weighted by Gasteiger charge is 2.30. The number of alkyl carbamates (subject to hydrolysis) is 1. The monoisotopic (exact) mass is 611 g/mol. The van der Waals surface area contributed by atoms with Crippen LogP contribution in [0.1, 0.15) is 76.8 Å². The molecule has 0 aromatic heterocycles. The molecule has 0 aliphatic heterocycles. The number of carbonyl (C=O) groups excluding carboxylic acids is 2. The van der Waals surface area contributed by atoms with E-state index < -0.39 is 47.3 Å². The summed E-state index contributed by atoms with van der Waals surface area (Å²) in [6, 6.07) is 9.45. The molecule has 3 rings (SSSR count). The third-order valence-corrected chi connectivity index (χ3v) is 6.85. The lowest BCUT2D eigenvalue weighted by atomic mass is 9.81. The fourth-order valence-electron chi connectivity index (χ4n) is 4.91. The molecular weight excluding hydrogens is 576 g/mol. The first-order valence-electron chi connectivity index (χ1n) is 13.5. The smallest absolute Gasteiger partial charge is 0.481 e. The fraction of sp³-hybridized carbons (Fsp3) is 0.500. The second-order valence-electron chi connectivity index (χ2n) is 11.2. The Morgan fingerprint density at radius 3 is 2.44 bits per heavy atom. The van der Waals surface area contributed by atoms with Crippen LogP contribution in [0.25, 0.3) is 11.1 Å². The quantitative estimate of drug-likeness (QED) is 0.219. The van der Waals surface area contributed by atoms with Crippen LogP contribution >= 0.6 is 23.2 Å². The van der Waals surface area contributed by atoms with Crippen molar-refractivity contribution in [3.8, 4) is 11.1 Å². The Morgan fingerprint density at radius 2 is 1.83 bits per heavy atom. The molecule has 224 valence electrons. The molecule has 1 aliphatic carbocycles. The van der Waals surface area contributed by atoms with Crippen LogP contribution in [-0.2, 0) is 25.4 Å². The van der Waals surface area contributed by atoms with Gasteiger partial charge in [0, 0.05) is 16.6 Å². The predicted molar refractivity (Wildman–Crippen MR) is 154 cm³/mol. The van der Waals surface area contributed by atoms with Gasteiger partial charge in [-0.05, 0) is 94.5 Å². The molecule has 0 spiro atoms. The maximum Gasteiger partial charge on any atom is 0.510 e. The van der Waals surface area contributed by atoms with Gasteiger partial charge < -0.3 is 24.6 Å². The van der Waals surface area contributed by atoms with Crippen molar-refractivity contribution in [1.29, 1.82) is 0 Å². The zero-order valence-corrected chi connectivity index (χ0v) is 25.1. The minimum Gasteiger partial charge on any atom is -0.481 e. The molecule has 1 aliphatic rings. The number of hydrogen-bond acceptors (Lipinski definition) is 6. The van der Waals surface area contributed by atoms with Gasteiger partial charge in [0.15, 0.2) is 5.56 Å². The Morgan fingerprint density at radius 1 is 1.15 bits per heavy atom. The van der Waals surface area contributed by atoms with E-state index in [1.54, 1.807) is 57.2 Å². The van der Waals surface area contributed by atoms with E-state index in [4.69, 9.17) is 37.4 Å². The molecular formula is C30H36Cl2FNO7. The van der Waals surface area contributed by atoms with Crippen molar-refractivity contribution in [2.24, 2.45) is 0 Å². The molecule has 1 amide bonds. The van der Waals surface area contributed by atoms with Crippen molar-refractivity contribution in [2.45, 2.75) is 95.4 Å². The largest absolute Gasteiger partial charge is 0.510 e. The highest BCUT2D eigenvalue weighted by Crippen LogP contribution is 2.40. The van der Waals surface area contributed by atoms with Crippen molar-refractivity contribution in [2.75, 3.05) is 0 Å². The zero-order valence-electron chi connectivity index (χ0n) is 23.5. The Bertz CT molecular complexity index is 1230. The Balaban J connectivity index is 1.76. The van der Waals surface area contributed by atoms with Crippen LogP contribution in [0.2, 0.25) is 5.02 Å². The summed E-state index contributed by atoms with van der Waals surface area (Å²) in [6.45, 7) is 6.67. The van der Waals surface area contributed by atoms with Gasteiger partial charge in [-0.1, -0.05) is 47.5 Å². The highest BCUT2D eigenvalue weighted by molar-refractivity contribution is 6.31. The molecule has 2 aromatic carbocycles. The lowest BCUT2D eigenvalue weighted by molar-refractivity contribution is -0.137. The van der Waals surface area contributed by atoms with E-state index in [9.17, 15) is 19.5 Å². The van der Waals surface area contributed by atoms with Crippen LogP contribution in [-0.4, -0.2) is 46.6 Å². The maximum absolute atomic E-state index is 15.9. The number of carbonyl (C=O) groups is 3. The van der Waals surface area contributed by atoms with E-state index in [0.29, 0.717) is 41.0 Å². The van der Waals surface area contributed by atoms with Gasteiger partial charge in [-0.3, -0.25) is 4.79 Å². The standard InChI is InChI=1S/C30H36Cl2FNO7/c1-17(31)39-29(38)40-23-7-5-6-20(13-23)25-15-21(32)14-24(27(25)33)19-10-8-18(9-11-19)12-22(16-26(35)36)34-28(37)41-30(2,3)4/h8-11,14-15,17,20,22-23H,5-7,12-13,16H2,1-4H3,(H,34,37)(H,35,36)/t17?,20?,22-,23?/m1/s1. The minimum absolute atomic E-state index is 0.206. The molecule has 8 nitrogen and oxygen atoms in total. The Kier molecular flexibility index (Phi) is 11.3. The van der Waals surface area contributed by atoms with Gasteiger partial charge in [0.2, 0.25) is 0 Å². The molecule has 2 aromatic rings. The van der Waals surface area contributed by atoms with E-state index >= 15 is 4.39 Å². The summed E-state index contributed by atoms with van der Waals surface area (Å²) < 4.78 is 31.4. The number of carboxylic acids is 1. The van der Waals surface area contributed by atoms with E-state index in [1.165, 1.54) is 6.92 Å². The van der Waals surface area contributed by atoms with Crippen molar-refractivity contribution in [3.63, 3.8) is 0 Å². The zero-order chi connectivity index (χ0) is 30.3. The third-order valence-electron chi connectivity index (χ3n) is 6.54. The Labute approximate surface area is 249 Å². The lowest BCUT2D eigenvalue weighted by Gasteiger charge is -2.29. The van der Waals surface area contributed by atoms with Crippen LogP contribution in [0.5, 0.6) is 0 Å². The molecule has 1 fully saturated rings. The maximum atomic E-state index is 15.9. The van der Waals surface area contributed by atoms with Gasteiger partial charge in [-0.15, -0.1) is 0 Å². The summed E-state index contributed by atoms with van der Waals surface area (Å²) in [5.74, 6) is -1.67. The van der Waals surface area contributed by atoms with Gasteiger partial charge in [0.1, 0.15) is 17.5 Å². The van der Waals surface area contributed by atoms with Crippen LogP contribution in [0.15, 0.2) is 36.4 Å². The number of nitrogens with one attached hydrogen (secondary N) is 1. The van der Waals surface area contributed by atoms with Crippen molar-refractivity contribution in [1.82, 2.24) is 5.32 Å². The molecule has 41 heavy (non-hydrogen) atoms. The molecule has 3 unspecified atom stereocenters. The van der Waals surface area contributed by atoms with Gasteiger partial charge in [0.25, 0.3) is 0 Å². The topological polar surface area (TPSA) is 111 Å². The van der Waals surface area contributed by atoms with Crippen LogP contribution < -0.4 is 5.32 Å². The van der Waals surface area contributed by atoms with E-state index in [-0.39, 0.29) is 18.8 Å². The predicted octanol–water partition coefficient (Wildman–Crippen LogP) is 7.82. The SMILES string of the molecule is CC(Cl)OC(=O)OC1CCCC(c2cc(Cl)cc(-c3ccc(C[C@H](CC(=O)O)NC(=O)OC(C)(C)C)cc3)c2F)C1. The number of hydrogen-bond donors (Lipinski definition) is 2. The number of benzene rings is 2. The first-order chi connectivity index (χ1) is 19.2. The van der Waals surface area contributed by atoms with E-state index in [2.05, 4.69) is 5.32 Å². The average Bonchev–Trinajstić information content (AvgIpc) is 2.83. The number of halogens is 3. The van der Waals surface area contributed by atoms with E-state index in [0.717, 1.165) is 12.0 Å². The van der Waals surface area contributed by atoms with Gasteiger partial charge >= 0.3 is 18.2 Å². The number of aliphatic carboxylic acids is 1. The van der Waals surface area contributed by atoms with Crippen LogP contribution in [0.3, 0.4) is 0 Å². The average molecular weight is 613 g/mol. The molecule has 4 atom stereocenters. The van der Waals surface area contributed by atoms with E-state index in [1.807, 2.05) is 0 Å². The molecule has 2 N–H and O–H groups in total. The molecule has 0 bridgehead atoms. The Hall–Kier alpha value is -3.04. The van der Waals surface area contributed by atoms with Crippen LogP contribution in [0, 0.1) is 5.82 Å². The second-order valence-corrected chi connectivity index (χ2v) is 12.3. The number of amides is 1. The minimum atomic E-state index is -1.06. The summed E-state index contributed by atoms with van der Waals surface area (Å²) in [4.78, 5) is 35.5. The molecule has 0 radical (unpaired) electrons. The van der Waals surface area contributed by atoms with Gasteiger partial charge in [-0.25, -0.2) is 14.0 Å². The summed E-state index contributed by atoms with van der Waals surface area (Å²) >= 11 is 12.1. The molecule has 0 saturated heterocycles. The van der Waals surface area contributed by atoms with Gasteiger partial charge in [-0.2, -0.15) is 0 Å². The number of ether oxygens (including phenoxy) is 3. The summed E-state index contributed by atoms with van der Waals surface area (Å²) in [7, 11) is 0. The van der Waals surface area contributed by atoms with Gasteiger partial charge in [0.05, 0.1) is 6.42 Å². The fourth-order valence-corrected chi connectivity index (χ4v) is 5.21. The van der Waals surface area contributed by atoms with Crippen LogP contribution in [0.4, 0.5) is 14.0 Å². The van der Waals surface area contributed by atoms with Crippen molar-refractivity contribution < 1.29 is 38.1 Å². The summed E-state index contributed by atoms with van der Waals surface area (Å²) in [6.07, 6.45) is 0.501. The molecule has 11 heteroatoms. The van der Waals surface area contributed by atoms with Crippen molar-refractivity contribution >= 4 is 41.4 Å². The first-order valence-corrected chi connectivity index (χ1v) is 14.3. The summed E-state index contributed by atoms with van der Waals surface area (Å²) in [5, 5.41) is 12.3. The first kappa shape index (κ1) is 32.5. The normalized spacial score (nSPS) is 18.6. The molecule has 0 heterocycles. The molecule has 1 saturated carbocycles. The van der Waals surface area contributed by atoms with Crippen molar-refractivity contribution in [3.05, 3.63) is 58.4 Å². The second kappa shape index (κ2) is 14.2. The number of alkyl halides is 1. The summed E-state index contributed by atoms with van der Waals surface area (Å²) in [5.41, 5.74) is 0.584. The number of carboxylic acid groups (broad SMARTS) is 1. The third kappa shape index (κ3) is 10.4. The highest BCUT2D eigenvalue weighted by atomic mass is 35.5.